The Morgan fingerprint density at radius 2 is 1.71 bits per heavy atom. The maximum absolute atomic E-state index is 12.5. The quantitative estimate of drug-likeness (QED) is 0.858. The van der Waals surface area contributed by atoms with Crippen LogP contribution in [0.15, 0.2) is 54.6 Å². The average Bonchev–Trinajstić information content (AvgIpc) is 2.55. The molecule has 2 N–H and O–H groups in total. The molecule has 3 rings (SSSR count). The van der Waals surface area contributed by atoms with Crippen LogP contribution in [0.4, 0.5) is 5.69 Å². The van der Waals surface area contributed by atoms with Crippen LogP contribution in [0.5, 0.6) is 0 Å². The Kier molecular flexibility index (Phi) is 3.91. The van der Waals surface area contributed by atoms with Gasteiger partial charge in [-0.25, -0.2) is 0 Å². The molecular weight excluding hydrogens is 260 g/mol. The molecule has 0 aromatic heterocycles. The summed E-state index contributed by atoms with van der Waals surface area (Å²) in [5.74, 6) is 0.657. The van der Waals surface area contributed by atoms with Crippen LogP contribution in [-0.4, -0.2) is 23.9 Å². The second-order valence-electron chi connectivity index (χ2n) is 5.60. The smallest absolute Gasteiger partial charge is 0.253 e. The van der Waals surface area contributed by atoms with Crippen LogP contribution in [0, 0.1) is 0 Å². The van der Waals surface area contributed by atoms with Crippen molar-refractivity contribution in [1.82, 2.24) is 4.90 Å². The Morgan fingerprint density at radius 3 is 2.38 bits per heavy atom. The molecular formula is C18H20N2O. The maximum Gasteiger partial charge on any atom is 0.253 e. The van der Waals surface area contributed by atoms with Crippen LogP contribution >= 0.6 is 0 Å². The molecule has 0 radical (unpaired) electrons. The molecule has 3 nitrogen and oxygen atoms in total. The van der Waals surface area contributed by atoms with Crippen molar-refractivity contribution >= 4 is 11.6 Å². The van der Waals surface area contributed by atoms with Crippen molar-refractivity contribution in [2.75, 3.05) is 18.8 Å². The minimum Gasteiger partial charge on any atom is -0.399 e. The highest BCUT2D eigenvalue weighted by atomic mass is 16.2. The van der Waals surface area contributed by atoms with E-state index < -0.39 is 0 Å². The van der Waals surface area contributed by atoms with E-state index in [1.165, 1.54) is 5.56 Å². The van der Waals surface area contributed by atoms with E-state index in [4.69, 9.17) is 5.73 Å². The van der Waals surface area contributed by atoms with Gasteiger partial charge in [0.15, 0.2) is 0 Å². The van der Waals surface area contributed by atoms with Crippen molar-refractivity contribution in [3.63, 3.8) is 0 Å². The number of likely N-dealkylation sites (tertiary alicyclic amines) is 1. The molecule has 0 aliphatic carbocycles. The van der Waals surface area contributed by atoms with Gasteiger partial charge in [0.1, 0.15) is 0 Å². The number of carbonyl (C=O) groups excluding carboxylic acids is 1. The molecule has 1 amide bonds. The molecule has 108 valence electrons. The van der Waals surface area contributed by atoms with E-state index in [0.717, 1.165) is 25.9 Å². The molecule has 0 spiro atoms. The van der Waals surface area contributed by atoms with E-state index in [1.807, 2.05) is 23.1 Å². The first-order valence-corrected chi connectivity index (χ1v) is 7.44. The summed E-state index contributed by atoms with van der Waals surface area (Å²) < 4.78 is 0. The highest BCUT2D eigenvalue weighted by Gasteiger charge is 2.24. The number of benzene rings is 2. The van der Waals surface area contributed by atoms with Gasteiger partial charge in [-0.2, -0.15) is 0 Å². The lowest BCUT2D eigenvalue weighted by Crippen LogP contribution is -2.37. The summed E-state index contributed by atoms with van der Waals surface area (Å²) in [6.45, 7) is 1.63. The van der Waals surface area contributed by atoms with Gasteiger partial charge in [0.2, 0.25) is 0 Å². The van der Waals surface area contributed by atoms with Gasteiger partial charge in [-0.15, -0.1) is 0 Å². The predicted molar refractivity (Wildman–Crippen MR) is 85.2 cm³/mol. The molecule has 21 heavy (non-hydrogen) atoms. The second-order valence-corrected chi connectivity index (χ2v) is 5.60. The van der Waals surface area contributed by atoms with Gasteiger partial charge in [0.25, 0.3) is 5.91 Å². The first-order valence-electron chi connectivity index (χ1n) is 7.44. The molecule has 1 saturated heterocycles. The van der Waals surface area contributed by atoms with Gasteiger partial charge < -0.3 is 10.6 Å². The summed E-state index contributed by atoms with van der Waals surface area (Å²) in [6, 6.07) is 17.8. The fraction of sp³-hybridized carbons (Fsp3) is 0.278. The summed E-state index contributed by atoms with van der Waals surface area (Å²) in [5.41, 5.74) is 8.46. The number of rotatable bonds is 2. The van der Waals surface area contributed by atoms with Gasteiger partial charge in [-0.1, -0.05) is 36.4 Å². The third kappa shape index (κ3) is 3.07. The van der Waals surface area contributed by atoms with Gasteiger partial charge >= 0.3 is 0 Å². The first-order chi connectivity index (χ1) is 10.2. The predicted octanol–water partition coefficient (Wildman–Crippen LogP) is 3.29. The highest BCUT2D eigenvalue weighted by molar-refractivity contribution is 5.95. The van der Waals surface area contributed by atoms with Crippen LogP contribution in [0.3, 0.4) is 0 Å². The molecule has 0 unspecified atom stereocenters. The maximum atomic E-state index is 12.5. The molecule has 0 saturated carbocycles. The van der Waals surface area contributed by atoms with Crippen molar-refractivity contribution in [2.24, 2.45) is 0 Å². The number of hydrogen-bond donors (Lipinski definition) is 1. The van der Waals surface area contributed by atoms with Crippen molar-refractivity contribution in [1.29, 1.82) is 0 Å². The molecule has 1 aliphatic rings. The molecule has 0 atom stereocenters. The van der Waals surface area contributed by atoms with Gasteiger partial charge in [0.05, 0.1) is 0 Å². The number of nitrogens with two attached hydrogens (primary N) is 1. The molecule has 1 aliphatic heterocycles. The Hall–Kier alpha value is -2.29. The number of nitrogen functional groups attached to an aromatic ring is 1. The number of anilines is 1. The highest BCUT2D eigenvalue weighted by Crippen LogP contribution is 2.28. The van der Waals surface area contributed by atoms with Gasteiger partial charge in [-0.3, -0.25) is 4.79 Å². The molecule has 1 fully saturated rings. The monoisotopic (exact) mass is 280 g/mol. The third-order valence-corrected chi connectivity index (χ3v) is 4.19. The Balaban J connectivity index is 1.64. The first kappa shape index (κ1) is 13.7. The van der Waals surface area contributed by atoms with Crippen molar-refractivity contribution in [2.45, 2.75) is 18.8 Å². The van der Waals surface area contributed by atoms with E-state index in [9.17, 15) is 4.79 Å². The Morgan fingerprint density at radius 1 is 1.00 bits per heavy atom. The van der Waals surface area contributed by atoms with Crippen LogP contribution in [0.2, 0.25) is 0 Å². The lowest BCUT2D eigenvalue weighted by Gasteiger charge is -2.32. The lowest BCUT2D eigenvalue weighted by atomic mass is 9.89. The minimum absolute atomic E-state index is 0.0915. The zero-order valence-corrected chi connectivity index (χ0v) is 12.0. The number of carbonyl (C=O) groups is 1. The van der Waals surface area contributed by atoms with Crippen LogP contribution in [0.1, 0.15) is 34.7 Å². The van der Waals surface area contributed by atoms with E-state index >= 15 is 0 Å². The van der Waals surface area contributed by atoms with Crippen molar-refractivity contribution < 1.29 is 4.79 Å². The lowest BCUT2D eigenvalue weighted by molar-refractivity contribution is 0.0713. The zero-order valence-electron chi connectivity index (χ0n) is 12.0. The van der Waals surface area contributed by atoms with E-state index in [2.05, 4.69) is 24.3 Å². The van der Waals surface area contributed by atoms with E-state index in [-0.39, 0.29) is 5.91 Å². The number of nitrogens with zero attached hydrogens (tertiary/aromatic N) is 1. The second kappa shape index (κ2) is 6.00. The number of amides is 1. The standard InChI is InChI=1S/C18H20N2O/c19-17-8-4-7-16(13-17)18(21)20-11-9-15(10-12-20)14-5-2-1-3-6-14/h1-8,13,15H,9-12,19H2. The topological polar surface area (TPSA) is 46.3 Å². The summed E-state index contributed by atoms with van der Waals surface area (Å²) >= 11 is 0. The van der Waals surface area contributed by atoms with Crippen LogP contribution in [0.25, 0.3) is 0 Å². The summed E-state index contributed by atoms with van der Waals surface area (Å²) in [5, 5.41) is 0. The molecule has 1 heterocycles. The van der Waals surface area contributed by atoms with Crippen LogP contribution < -0.4 is 5.73 Å². The summed E-state index contributed by atoms with van der Waals surface area (Å²) in [6.07, 6.45) is 2.05. The van der Waals surface area contributed by atoms with Crippen molar-refractivity contribution in [3.05, 3.63) is 65.7 Å². The van der Waals surface area contributed by atoms with E-state index in [0.29, 0.717) is 17.2 Å². The number of piperidine rings is 1. The molecule has 3 heteroatoms. The molecule has 0 bridgehead atoms. The summed E-state index contributed by atoms with van der Waals surface area (Å²) in [4.78, 5) is 14.4. The molecule has 2 aromatic rings. The Bertz CT molecular complexity index is 616. The van der Waals surface area contributed by atoms with E-state index in [1.54, 1.807) is 12.1 Å². The minimum atomic E-state index is 0.0915. The van der Waals surface area contributed by atoms with Crippen molar-refractivity contribution in [3.8, 4) is 0 Å². The SMILES string of the molecule is Nc1cccc(C(=O)N2CCC(c3ccccc3)CC2)c1. The summed E-state index contributed by atoms with van der Waals surface area (Å²) in [7, 11) is 0. The third-order valence-electron chi connectivity index (χ3n) is 4.19. The van der Waals surface area contributed by atoms with Crippen LogP contribution in [-0.2, 0) is 0 Å². The largest absolute Gasteiger partial charge is 0.399 e. The average molecular weight is 280 g/mol. The fourth-order valence-corrected chi connectivity index (χ4v) is 3.00. The zero-order chi connectivity index (χ0) is 14.7. The Labute approximate surface area is 125 Å². The number of hydrogen-bond acceptors (Lipinski definition) is 2. The molecule has 2 aromatic carbocycles. The fourth-order valence-electron chi connectivity index (χ4n) is 3.00. The van der Waals surface area contributed by atoms with Gasteiger partial charge in [-0.05, 0) is 42.5 Å². The normalized spacial score (nSPS) is 15.9. The van der Waals surface area contributed by atoms with Gasteiger partial charge in [0, 0.05) is 24.3 Å².